The Kier molecular flexibility index (Phi) is 3.75. The molecule has 0 bridgehead atoms. The minimum atomic E-state index is -0.0932. The molecule has 1 unspecified atom stereocenters. The van der Waals surface area contributed by atoms with Crippen LogP contribution in [0.15, 0.2) is 18.2 Å². The van der Waals surface area contributed by atoms with Crippen LogP contribution in [0.4, 0.5) is 0 Å². The highest BCUT2D eigenvalue weighted by Crippen LogP contribution is 2.36. The van der Waals surface area contributed by atoms with Crippen molar-refractivity contribution in [2.75, 3.05) is 27.3 Å². The average molecular weight is 249 g/mol. The van der Waals surface area contributed by atoms with Gasteiger partial charge in [0.25, 0.3) is 0 Å². The summed E-state index contributed by atoms with van der Waals surface area (Å²) in [5.41, 5.74) is 1.05. The molecule has 0 saturated heterocycles. The second-order valence-corrected chi connectivity index (χ2v) is 4.62. The number of carbonyl (C=O) groups is 1. The topological polar surface area (TPSA) is 38.8 Å². The summed E-state index contributed by atoms with van der Waals surface area (Å²) in [5, 5.41) is 0. The largest absolute Gasteiger partial charge is 0.490 e. The van der Waals surface area contributed by atoms with Gasteiger partial charge in [-0.15, -0.1) is 0 Å². The van der Waals surface area contributed by atoms with E-state index in [1.165, 1.54) is 0 Å². The van der Waals surface area contributed by atoms with E-state index in [0.717, 1.165) is 17.1 Å². The smallest absolute Gasteiger partial charge is 0.228 e. The van der Waals surface area contributed by atoms with E-state index in [1.54, 1.807) is 19.0 Å². The monoisotopic (exact) mass is 249 g/mol. The molecular formula is C14H19NO3. The molecular weight excluding hydrogens is 230 g/mol. The molecule has 1 atom stereocenters. The molecule has 1 aliphatic rings. The molecule has 0 aliphatic carbocycles. The van der Waals surface area contributed by atoms with Gasteiger partial charge in [-0.2, -0.15) is 0 Å². The van der Waals surface area contributed by atoms with Crippen molar-refractivity contribution in [3.8, 4) is 11.5 Å². The normalized spacial score (nSPS) is 17.6. The van der Waals surface area contributed by atoms with Crippen molar-refractivity contribution in [2.24, 2.45) is 5.92 Å². The summed E-state index contributed by atoms with van der Waals surface area (Å²) in [6.45, 7) is 2.98. The summed E-state index contributed by atoms with van der Waals surface area (Å²) in [6, 6.07) is 5.83. The number of hydrogen-bond acceptors (Lipinski definition) is 3. The fraction of sp³-hybridized carbons (Fsp3) is 0.500. The highest BCUT2D eigenvalue weighted by Gasteiger charge is 2.28. The van der Waals surface area contributed by atoms with Crippen LogP contribution in [0.1, 0.15) is 12.5 Å². The highest BCUT2D eigenvalue weighted by molar-refractivity contribution is 5.79. The van der Waals surface area contributed by atoms with E-state index in [2.05, 4.69) is 0 Å². The lowest BCUT2D eigenvalue weighted by molar-refractivity contribution is -0.134. The third-order valence-corrected chi connectivity index (χ3v) is 3.05. The SMILES string of the molecule is CCOc1cccc2c1OCC(C(=O)N(C)C)C2. The Hall–Kier alpha value is -1.71. The van der Waals surface area contributed by atoms with Crippen molar-refractivity contribution < 1.29 is 14.3 Å². The van der Waals surface area contributed by atoms with E-state index in [4.69, 9.17) is 9.47 Å². The quantitative estimate of drug-likeness (QED) is 0.819. The molecule has 0 N–H and O–H groups in total. The summed E-state index contributed by atoms with van der Waals surface area (Å²) in [6.07, 6.45) is 0.716. The molecule has 0 fully saturated rings. The summed E-state index contributed by atoms with van der Waals surface area (Å²) >= 11 is 0. The number of benzene rings is 1. The molecule has 98 valence electrons. The first kappa shape index (κ1) is 12.7. The maximum atomic E-state index is 11.9. The van der Waals surface area contributed by atoms with Crippen LogP contribution in [0.25, 0.3) is 0 Å². The Balaban J connectivity index is 2.20. The van der Waals surface area contributed by atoms with Crippen molar-refractivity contribution in [2.45, 2.75) is 13.3 Å². The molecule has 1 aromatic carbocycles. The van der Waals surface area contributed by atoms with Gasteiger partial charge >= 0.3 is 0 Å². The molecule has 0 radical (unpaired) electrons. The minimum Gasteiger partial charge on any atom is -0.490 e. The van der Waals surface area contributed by atoms with E-state index in [1.807, 2.05) is 25.1 Å². The zero-order chi connectivity index (χ0) is 13.1. The van der Waals surface area contributed by atoms with Gasteiger partial charge in [-0.05, 0) is 25.0 Å². The van der Waals surface area contributed by atoms with Crippen LogP contribution >= 0.6 is 0 Å². The highest BCUT2D eigenvalue weighted by atomic mass is 16.5. The second kappa shape index (κ2) is 5.29. The van der Waals surface area contributed by atoms with E-state index in [-0.39, 0.29) is 11.8 Å². The van der Waals surface area contributed by atoms with Crippen LogP contribution in [-0.2, 0) is 11.2 Å². The van der Waals surface area contributed by atoms with Crippen molar-refractivity contribution in [3.05, 3.63) is 23.8 Å². The van der Waals surface area contributed by atoms with Gasteiger partial charge in [-0.1, -0.05) is 12.1 Å². The lowest BCUT2D eigenvalue weighted by atomic mass is 9.95. The first-order valence-corrected chi connectivity index (χ1v) is 6.22. The molecule has 4 nitrogen and oxygen atoms in total. The number of hydrogen-bond donors (Lipinski definition) is 0. The predicted octanol–water partition coefficient (Wildman–Crippen LogP) is 1.72. The number of nitrogens with zero attached hydrogens (tertiary/aromatic N) is 1. The molecule has 1 amide bonds. The van der Waals surface area contributed by atoms with Crippen LogP contribution in [0.2, 0.25) is 0 Å². The van der Waals surface area contributed by atoms with E-state index in [9.17, 15) is 4.79 Å². The number of carbonyl (C=O) groups excluding carboxylic acids is 1. The molecule has 2 rings (SSSR count). The molecule has 18 heavy (non-hydrogen) atoms. The van der Waals surface area contributed by atoms with Gasteiger partial charge in [0.1, 0.15) is 6.61 Å². The van der Waals surface area contributed by atoms with Gasteiger partial charge in [-0.25, -0.2) is 0 Å². The van der Waals surface area contributed by atoms with Crippen molar-refractivity contribution in [1.82, 2.24) is 4.90 Å². The third-order valence-electron chi connectivity index (χ3n) is 3.05. The summed E-state index contributed by atoms with van der Waals surface area (Å²) in [7, 11) is 3.54. The fourth-order valence-electron chi connectivity index (χ4n) is 2.19. The Morgan fingerprint density at radius 2 is 2.28 bits per heavy atom. The number of amides is 1. The van der Waals surface area contributed by atoms with Gasteiger partial charge in [0.15, 0.2) is 11.5 Å². The van der Waals surface area contributed by atoms with E-state index in [0.29, 0.717) is 19.6 Å². The Bertz CT molecular complexity index is 443. The van der Waals surface area contributed by atoms with E-state index >= 15 is 0 Å². The van der Waals surface area contributed by atoms with Crippen molar-refractivity contribution in [1.29, 1.82) is 0 Å². The maximum Gasteiger partial charge on any atom is 0.228 e. The lowest BCUT2D eigenvalue weighted by Gasteiger charge is -2.27. The van der Waals surface area contributed by atoms with Gasteiger partial charge in [0, 0.05) is 14.1 Å². The Morgan fingerprint density at radius 3 is 2.94 bits per heavy atom. The summed E-state index contributed by atoms with van der Waals surface area (Å²) in [5.74, 6) is 1.58. The molecule has 0 saturated carbocycles. The number of fused-ring (bicyclic) bond motifs is 1. The van der Waals surface area contributed by atoms with Crippen LogP contribution in [0.5, 0.6) is 11.5 Å². The summed E-state index contributed by atoms with van der Waals surface area (Å²) < 4.78 is 11.2. The Labute approximate surface area is 107 Å². The van der Waals surface area contributed by atoms with E-state index < -0.39 is 0 Å². The Morgan fingerprint density at radius 1 is 1.50 bits per heavy atom. The summed E-state index contributed by atoms with van der Waals surface area (Å²) in [4.78, 5) is 13.5. The molecule has 1 heterocycles. The maximum absolute atomic E-state index is 11.9. The standard InChI is InChI=1S/C14H19NO3/c1-4-17-12-7-5-6-10-8-11(9-18-13(10)12)14(16)15(2)3/h5-7,11H,4,8-9H2,1-3H3. The van der Waals surface area contributed by atoms with Crippen molar-refractivity contribution in [3.63, 3.8) is 0 Å². The fourth-order valence-corrected chi connectivity index (χ4v) is 2.19. The van der Waals surface area contributed by atoms with Gasteiger partial charge in [0.2, 0.25) is 5.91 Å². The van der Waals surface area contributed by atoms with Crippen molar-refractivity contribution >= 4 is 5.91 Å². The average Bonchev–Trinajstić information content (AvgIpc) is 2.38. The first-order valence-electron chi connectivity index (χ1n) is 6.22. The van der Waals surface area contributed by atoms with Gasteiger partial charge in [0.05, 0.1) is 12.5 Å². The molecule has 4 heteroatoms. The van der Waals surface area contributed by atoms with Crippen LogP contribution < -0.4 is 9.47 Å². The molecule has 1 aliphatic heterocycles. The molecule has 0 aromatic heterocycles. The minimum absolute atomic E-state index is 0.0932. The zero-order valence-electron chi connectivity index (χ0n) is 11.1. The molecule has 1 aromatic rings. The molecule has 0 spiro atoms. The van der Waals surface area contributed by atoms with Gasteiger partial charge in [-0.3, -0.25) is 4.79 Å². The van der Waals surface area contributed by atoms with Crippen LogP contribution in [0, 0.1) is 5.92 Å². The third kappa shape index (κ3) is 2.42. The van der Waals surface area contributed by atoms with Gasteiger partial charge < -0.3 is 14.4 Å². The van der Waals surface area contributed by atoms with Crippen LogP contribution in [0.3, 0.4) is 0 Å². The second-order valence-electron chi connectivity index (χ2n) is 4.62. The lowest BCUT2D eigenvalue weighted by Crippen LogP contribution is -2.36. The predicted molar refractivity (Wildman–Crippen MR) is 69.0 cm³/mol. The first-order chi connectivity index (χ1) is 8.63. The van der Waals surface area contributed by atoms with Crippen LogP contribution in [-0.4, -0.2) is 38.1 Å². The number of ether oxygens (including phenoxy) is 2. The number of para-hydroxylation sites is 1. The zero-order valence-corrected chi connectivity index (χ0v) is 11.1. The number of rotatable bonds is 3.